The van der Waals surface area contributed by atoms with Crippen molar-refractivity contribution < 1.29 is 19.1 Å². The van der Waals surface area contributed by atoms with Gasteiger partial charge in [0.2, 0.25) is 0 Å². The molecule has 0 bridgehead atoms. The van der Waals surface area contributed by atoms with Crippen molar-refractivity contribution in [3.8, 4) is 0 Å². The fourth-order valence-electron chi connectivity index (χ4n) is 3.13. The SMILES string of the molecule is CC(=O)OC(OC(C)=O)C(=CC1CCCCC1)Cc1ccccc1. The maximum atomic E-state index is 11.4. The molecule has 1 aromatic carbocycles. The first-order chi connectivity index (χ1) is 11.5. The normalized spacial score (nSPS) is 16.0. The summed E-state index contributed by atoms with van der Waals surface area (Å²) >= 11 is 0. The van der Waals surface area contributed by atoms with E-state index in [0.29, 0.717) is 12.3 Å². The highest BCUT2D eigenvalue weighted by atomic mass is 16.7. The fraction of sp³-hybridized carbons (Fsp3) is 0.500. The van der Waals surface area contributed by atoms with E-state index < -0.39 is 18.2 Å². The molecule has 2 rings (SSSR count). The molecule has 0 unspecified atom stereocenters. The summed E-state index contributed by atoms with van der Waals surface area (Å²) in [4.78, 5) is 22.9. The van der Waals surface area contributed by atoms with Crippen LogP contribution in [0, 0.1) is 5.92 Å². The third-order valence-corrected chi connectivity index (χ3v) is 4.20. The van der Waals surface area contributed by atoms with Crippen molar-refractivity contribution in [1.29, 1.82) is 0 Å². The lowest BCUT2D eigenvalue weighted by atomic mass is 9.87. The van der Waals surface area contributed by atoms with Crippen LogP contribution in [0.1, 0.15) is 51.5 Å². The average Bonchev–Trinajstić information content (AvgIpc) is 2.55. The summed E-state index contributed by atoms with van der Waals surface area (Å²) in [6.07, 6.45) is 7.77. The molecule has 130 valence electrons. The van der Waals surface area contributed by atoms with Crippen LogP contribution in [-0.4, -0.2) is 18.2 Å². The fourth-order valence-corrected chi connectivity index (χ4v) is 3.13. The summed E-state index contributed by atoms with van der Waals surface area (Å²) in [5.41, 5.74) is 1.95. The molecule has 0 saturated heterocycles. The molecule has 0 aromatic heterocycles. The molecule has 0 radical (unpaired) electrons. The zero-order valence-corrected chi connectivity index (χ0v) is 14.5. The highest BCUT2D eigenvalue weighted by molar-refractivity contribution is 5.68. The highest BCUT2D eigenvalue weighted by Gasteiger charge is 2.23. The standard InChI is InChI=1S/C20H26O4/c1-15(21)23-20(24-16(2)22)19(13-17-9-5-3-6-10-17)14-18-11-7-4-8-12-18/h3,5-6,9-10,14,18,20H,4,7-8,11-13H2,1-2H3. The minimum atomic E-state index is -0.942. The van der Waals surface area contributed by atoms with Gasteiger partial charge in [-0.1, -0.05) is 55.7 Å². The smallest absolute Gasteiger partial charge is 0.305 e. The Morgan fingerprint density at radius 3 is 2.17 bits per heavy atom. The van der Waals surface area contributed by atoms with Gasteiger partial charge >= 0.3 is 11.9 Å². The monoisotopic (exact) mass is 330 g/mol. The molecule has 4 nitrogen and oxygen atoms in total. The number of carbonyl (C=O) groups excluding carboxylic acids is 2. The van der Waals surface area contributed by atoms with Crippen molar-refractivity contribution in [1.82, 2.24) is 0 Å². The first kappa shape index (κ1) is 18.2. The molecule has 24 heavy (non-hydrogen) atoms. The lowest BCUT2D eigenvalue weighted by molar-refractivity contribution is -0.178. The minimum Gasteiger partial charge on any atom is -0.421 e. The Morgan fingerprint density at radius 1 is 1.04 bits per heavy atom. The van der Waals surface area contributed by atoms with Crippen LogP contribution in [0.4, 0.5) is 0 Å². The summed E-state index contributed by atoms with van der Waals surface area (Å²) in [5, 5.41) is 0. The number of benzene rings is 1. The van der Waals surface area contributed by atoms with Gasteiger partial charge in [-0.15, -0.1) is 0 Å². The van der Waals surface area contributed by atoms with Crippen molar-refractivity contribution in [3.63, 3.8) is 0 Å². The van der Waals surface area contributed by atoms with Crippen molar-refractivity contribution >= 4 is 11.9 Å². The molecule has 4 heteroatoms. The maximum Gasteiger partial charge on any atom is 0.305 e. The molecule has 0 atom stereocenters. The van der Waals surface area contributed by atoms with Crippen LogP contribution in [0.2, 0.25) is 0 Å². The van der Waals surface area contributed by atoms with Gasteiger partial charge in [0.1, 0.15) is 0 Å². The number of hydrogen-bond acceptors (Lipinski definition) is 4. The summed E-state index contributed by atoms with van der Waals surface area (Å²) in [6.45, 7) is 2.66. The lowest BCUT2D eigenvalue weighted by Crippen LogP contribution is -2.26. The van der Waals surface area contributed by atoms with Gasteiger partial charge in [0.05, 0.1) is 0 Å². The van der Waals surface area contributed by atoms with Gasteiger partial charge in [-0.3, -0.25) is 9.59 Å². The second kappa shape index (κ2) is 9.26. The summed E-state index contributed by atoms with van der Waals surface area (Å²) < 4.78 is 10.6. The Kier molecular flexibility index (Phi) is 7.04. The van der Waals surface area contributed by atoms with Crippen LogP contribution < -0.4 is 0 Å². The number of esters is 2. The quantitative estimate of drug-likeness (QED) is 0.446. The molecular weight excluding hydrogens is 304 g/mol. The summed E-state index contributed by atoms with van der Waals surface area (Å²) in [7, 11) is 0. The summed E-state index contributed by atoms with van der Waals surface area (Å²) in [5.74, 6) is -0.459. The van der Waals surface area contributed by atoms with E-state index in [1.54, 1.807) is 0 Å². The number of allylic oxidation sites excluding steroid dienone is 1. The first-order valence-corrected chi connectivity index (χ1v) is 8.63. The average molecular weight is 330 g/mol. The van der Waals surface area contributed by atoms with E-state index in [1.807, 2.05) is 30.3 Å². The second-order valence-corrected chi connectivity index (χ2v) is 6.35. The van der Waals surface area contributed by atoms with Crippen LogP contribution in [0.3, 0.4) is 0 Å². The zero-order valence-electron chi connectivity index (χ0n) is 14.5. The molecule has 1 saturated carbocycles. The first-order valence-electron chi connectivity index (χ1n) is 8.63. The number of carbonyl (C=O) groups is 2. The van der Waals surface area contributed by atoms with Gasteiger partial charge in [-0.05, 0) is 24.3 Å². The third-order valence-electron chi connectivity index (χ3n) is 4.20. The predicted molar refractivity (Wildman–Crippen MR) is 92.1 cm³/mol. The molecule has 1 aromatic rings. The van der Waals surface area contributed by atoms with Crippen molar-refractivity contribution in [3.05, 3.63) is 47.5 Å². The van der Waals surface area contributed by atoms with Crippen LogP contribution >= 0.6 is 0 Å². The predicted octanol–water partition coefficient (Wildman–Crippen LogP) is 4.19. The van der Waals surface area contributed by atoms with Crippen LogP contribution in [0.5, 0.6) is 0 Å². The van der Waals surface area contributed by atoms with Gasteiger partial charge < -0.3 is 9.47 Å². The van der Waals surface area contributed by atoms with E-state index >= 15 is 0 Å². The maximum absolute atomic E-state index is 11.4. The Balaban J connectivity index is 2.25. The Bertz CT molecular complexity index is 555. The van der Waals surface area contributed by atoms with E-state index in [2.05, 4.69) is 6.08 Å². The van der Waals surface area contributed by atoms with Gasteiger partial charge in [-0.2, -0.15) is 0 Å². The zero-order chi connectivity index (χ0) is 17.4. The molecule has 0 aliphatic heterocycles. The topological polar surface area (TPSA) is 52.6 Å². The van der Waals surface area contributed by atoms with Gasteiger partial charge in [0, 0.05) is 25.8 Å². The van der Waals surface area contributed by atoms with E-state index in [9.17, 15) is 9.59 Å². The van der Waals surface area contributed by atoms with Crippen molar-refractivity contribution in [2.75, 3.05) is 0 Å². The minimum absolute atomic E-state index is 0.450. The van der Waals surface area contributed by atoms with E-state index in [4.69, 9.17) is 9.47 Å². The number of ether oxygens (including phenoxy) is 2. The highest BCUT2D eigenvalue weighted by Crippen LogP contribution is 2.28. The largest absolute Gasteiger partial charge is 0.421 e. The molecule has 0 N–H and O–H groups in total. The number of rotatable bonds is 6. The molecule has 0 heterocycles. The van der Waals surface area contributed by atoms with Crippen LogP contribution in [-0.2, 0) is 25.5 Å². The molecule has 0 spiro atoms. The van der Waals surface area contributed by atoms with Crippen LogP contribution in [0.15, 0.2) is 42.0 Å². The lowest BCUT2D eigenvalue weighted by Gasteiger charge is -2.24. The molecule has 1 aliphatic carbocycles. The van der Waals surface area contributed by atoms with Gasteiger partial charge in [-0.25, -0.2) is 0 Å². The molecule has 1 fully saturated rings. The van der Waals surface area contributed by atoms with Gasteiger partial charge in [0.15, 0.2) is 0 Å². The van der Waals surface area contributed by atoms with Crippen LogP contribution in [0.25, 0.3) is 0 Å². The Labute approximate surface area is 143 Å². The van der Waals surface area contributed by atoms with E-state index in [1.165, 1.54) is 33.1 Å². The van der Waals surface area contributed by atoms with E-state index in [-0.39, 0.29) is 0 Å². The Hall–Kier alpha value is -2.10. The molecule has 0 amide bonds. The van der Waals surface area contributed by atoms with Crippen molar-refractivity contribution in [2.24, 2.45) is 5.92 Å². The second-order valence-electron chi connectivity index (χ2n) is 6.35. The third kappa shape index (κ3) is 6.19. The van der Waals surface area contributed by atoms with Crippen molar-refractivity contribution in [2.45, 2.75) is 58.7 Å². The summed E-state index contributed by atoms with van der Waals surface area (Å²) in [6, 6.07) is 9.95. The van der Waals surface area contributed by atoms with Gasteiger partial charge in [0.25, 0.3) is 6.29 Å². The Morgan fingerprint density at radius 2 is 1.62 bits per heavy atom. The molecule has 1 aliphatic rings. The molecular formula is C20H26O4. The number of hydrogen-bond donors (Lipinski definition) is 0. The van der Waals surface area contributed by atoms with E-state index in [0.717, 1.165) is 24.0 Å².